The normalized spacial score (nSPS) is 20.2. The van der Waals surface area contributed by atoms with Gasteiger partial charge in [0.25, 0.3) is 0 Å². The maximum Gasteiger partial charge on any atom is 0.154 e. The first-order chi connectivity index (χ1) is 8.83. The summed E-state index contributed by atoms with van der Waals surface area (Å²) in [6.45, 7) is 4.47. The van der Waals surface area contributed by atoms with E-state index in [0.29, 0.717) is 6.04 Å². The molecule has 2 aromatic heterocycles. The highest BCUT2D eigenvalue weighted by Gasteiger charge is 2.17. The lowest BCUT2D eigenvalue weighted by molar-refractivity contribution is 0.0764. The number of nitrogens with one attached hydrogen (secondary N) is 2. The van der Waals surface area contributed by atoms with Gasteiger partial charge in [-0.1, -0.05) is 0 Å². The summed E-state index contributed by atoms with van der Waals surface area (Å²) in [7, 11) is 0. The predicted octanol–water partition coefficient (Wildman–Crippen LogP) is 1.51. The largest absolute Gasteiger partial charge is 0.463 e. The molecule has 0 saturated carbocycles. The third kappa shape index (κ3) is 2.32. The molecule has 1 atom stereocenters. The van der Waals surface area contributed by atoms with Gasteiger partial charge in [0.05, 0.1) is 19.5 Å². The Labute approximate surface area is 106 Å². The Morgan fingerprint density at radius 3 is 3.17 bits per heavy atom. The summed E-state index contributed by atoms with van der Waals surface area (Å²) in [5.41, 5.74) is 1.93. The van der Waals surface area contributed by atoms with Crippen LogP contribution in [0.2, 0.25) is 0 Å². The van der Waals surface area contributed by atoms with E-state index in [4.69, 9.17) is 9.15 Å². The number of nitrogens with zero attached hydrogens (tertiary/aromatic N) is 1. The van der Waals surface area contributed by atoms with Gasteiger partial charge in [-0.3, -0.25) is 0 Å². The van der Waals surface area contributed by atoms with Gasteiger partial charge in [-0.25, -0.2) is 4.98 Å². The molecule has 0 spiro atoms. The van der Waals surface area contributed by atoms with Crippen molar-refractivity contribution in [3.8, 4) is 11.5 Å². The number of H-pyrrole nitrogens is 1. The first kappa shape index (κ1) is 11.5. The Morgan fingerprint density at radius 1 is 1.50 bits per heavy atom. The van der Waals surface area contributed by atoms with E-state index in [1.54, 1.807) is 6.26 Å². The quantitative estimate of drug-likeness (QED) is 0.863. The fraction of sp³-hybridized carbons (Fsp3) is 0.462. The second-order valence-corrected chi connectivity index (χ2v) is 4.56. The highest BCUT2D eigenvalue weighted by Crippen LogP contribution is 2.21. The molecule has 1 aliphatic heterocycles. The van der Waals surface area contributed by atoms with Gasteiger partial charge in [-0.05, 0) is 19.1 Å². The minimum atomic E-state index is 0.341. The van der Waals surface area contributed by atoms with Crippen LogP contribution in [-0.4, -0.2) is 35.8 Å². The summed E-state index contributed by atoms with van der Waals surface area (Å²) in [6.07, 6.45) is 2.52. The zero-order valence-corrected chi connectivity index (χ0v) is 10.4. The molecular weight excluding hydrogens is 230 g/mol. The lowest BCUT2D eigenvalue weighted by atomic mass is 10.2. The summed E-state index contributed by atoms with van der Waals surface area (Å²) in [5.74, 6) is 1.78. The first-order valence-electron chi connectivity index (χ1n) is 6.23. The number of morpholine rings is 1. The van der Waals surface area contributed by atoms with Gasteiger partial charge >= 0.3 is 0 Å². The molecule has 0 amide bonds. The summed E-state index contributed by atoms with van der Waals surface area (Å²) >= 11 is 0. The number of furan rings is 1. The van der Waals surface area contributed by atoms with E-state index >= 15 is 0 Å². The zero-order chi connectivity index (χ0) is 12.4. The van der Waals surface area contributed by atoms with E-state index in [-0.39, 0.29) is 0 Å². The van der Waals surface area contributed by atoms with Crippen molar-refractivity contribution in [2.75, 3.05) is 19.8 Å². The molecule has 5 nitrogen and oxygen atoms in total. The molecule has 0 aromatic carbocycles. The van der Waals surface area contributed by atoms with Gasteiger partial charge in [0.15, 0.2) is 5.76 Å². The Bertz CT molecular complexity index is 498. The fourth-order valence-corrected chi connectivity index (χ4v) is 2.26. The van der Waals surface area contributed by atoms with Crippen molar-refractivity contribution >= 4 is 0 Å². The molecule has 2 aromatic rings. The summed E-state index contributed by atoms with van der Waals surface area (Å²) in [4.78, 5) is 7.92. The standard InChI is InChI=1S/C13H17N3O2/c1-9-13(11-3-2-5-18-11)16-12(15-9)7-10-8-17-6-4-14-10/h2-3,5,10,14H,4,6-8H2,1H3,(H,15,16). The van der Waals surface area contributed by atoms with Crippen molar-refractivity contribution in [2.24, 2.45) is 0 Å². The smallest absolute Gasteiger partial charge is 0.154 e. The van der Waals surface area contributed by atoms with Gasteiger partial charge in [0.2, 0.25) is 0 Å². The predicted molar refractivity (Wildman–Crippen MR) is 67.3 cm³/mol. The SMILES string of the molecule is Cc1[nH]c(CC2COCCN2)nc1-c1ccco1. The lowest BCUT2D eigenvalue weighted by Crippen LogP contribution is -2.42. The van der Waals surface area contributed by atoms with Crippen LogP contribution < -0.4 is 5.32 Å². The van der Waals surface area contributed by atoms with Gasteiger partial charge in [0.1, 0.15) is 11.5 Å². The molecule has 0 aliphatic carbocycles. The average molecular weight is 247 g/mol. The Balaban J connectivity index is 1.75. The van der Waals surface area contributed by atoms with Crippen molar-refractivity contribution < 1.29 is 9.15 Å². The third-order valence-electron chi connectivity index (χ3n) is 3.13. The molecule has 3 heterocycles. The molecule has 1 aliphatic rings. The van der Waals surface area contributed by atoms with E-state index in [0.717, 1.165) is 49.2 Å². The van der Waals surface area contributed by atoms with E-state index < -0.39 is 0 Å². The monoisotopic (exact) mass is 247 g/mol. The first-order valence-corrected chi connectivity index (χ1v) is 6.23. The van der Waals surface area contributed by atoms with Crippen LogP contribution >= 0.6 is 0 Å². The second-order valence-electron chi connectivity index (χ2n) is 4.56. The Kier molecular flexibility index (Phi) is 3.17. The zero-order valence-electron chi connectivity index (χ0n) is 10.4. The van der Waals surface area contributed by atoms with Gasteiger partial charge in [-0.2, -0.15) is 0 Å². The molecule has 3 rings (SSSR count). The number of aromatic nitrogens is 2. The maximum atomic E-state index is 5.44. The Morgan fingerprint density at radius 2 is 2.44 bits per heavy atom. The van der Waals surface area contributed by atoms with Crippen LogP contribution in [0.4, 0.5) is 0 Å². The number of aryl methyl sites for hydroxylation is 1. The van der Waals surface area contributed by atoms with Crippen molar-refractivity contribution in [1.29, 1.82) is 0 Å². The topological polar surface area (TPSA) is 63.1 Å². The molecule has 96 valence electrons. The number of hydrogen-bond donors (Lipinski definition) is 2. The Hall–Kier alpha value is -1.59. The average Bonchev–Trinajstić information content (AvgIpc) is 3.00. The van der Waals surface area contributed by atoms with Gasteiger partial charge in [-0.15, -0.1) is 0 Å². The highest BCUT2D eigenvalue weighted by molar-refractivity contribution is 5.55. The number of rotatable bonds is 3. The fourth-order valence-electron chi connectivity index (χ4n) is 2.26. The lowest BCUT2D eigenvalue weighted by Gasteiger charge is -2.22. The molecule has 18 heavy (non-hydrogen) atoms. The van der Waals surface area contributed by atoms with Crippen LogP contribution in [0.15, 0.2) is 22.8 Å². The minimum Gasteiger partial charge on any atom is -0.463 e. The number of aromatic amines is 1. The minimum absolute atomic E-state index is 0.341. The van der Waals surface area contributed by atoms with E-state index in [9.17, 15) is 0 Å². The number of ether oxygens (including phenoxy) is 1. The van der Waals surface area contributed by atoms with Crippen LogP contribution in [0.25, 0.3) is 11.5 Å². The summed E-state index contributed by atoms with van der Waals surface area (Å²) in [6, 6.07) is 4.14. The van der Waals surface area contributed by atoms with E-state index in [1.165, 1.54) is 0 Å². The molecular formula is C13H17N3O2. The molecule has 1 saturated heterocycles. The molecule has 1 unspecified atom stereocenters. The summed E-state index contributed by atoms with van der Waals surface area (Å²) in [5, 5.41) is 3.42. The van der Waals surface area contributed by atoms with Crippen molar-refractivity contribution in [2.45, 2.75) is 19.4 Å². The highest BCUT2D eigenvalue weighted by atomic mass is 16.5. The van der Waals surface area contributed by atoms with Crippen LogP contribution in [-0.2, 0) is 11.2 Å². The van der Waals surface area contributed by atoms with Crippen molar-refractivity contribution in [3.63, 3.8) is 0 Å². The second kappa shape index (κ2) is 4.96. The third-order valence-corrected chi connectivity index (χ3v) is 3.13. The van der Waals surface area contributed by atoms with E-state index in [2.05, 4.69) is 15.3 Å². The molecule has 0 bridgehead atoms. The van der Waals surface area contributed by atoms with Crippen LogP contribution in [0, 0.1) is 6.92 Å². The van der Waals surface area contributed by atoms with Crippen molar-refractivity contribution in [1.82, 2.24) is 15.3 Å². The molecule has 1 fully saturated rings. The van der Waals surface area contributed by atoms with Gasteiger partial charge in [0, 0.05) is 24.7 Å². The number of hydrogen-bond acceptors (Lipinski definition) is 4. The number of imidazole rings is 1. The van der Waals surface area contributed by atoms with E-state index in [1.807, 2.05) is 19.1 Å². The van der Waals surface area contributed by atoms with Crippen molar-refractivity contribution in [3.05, 3.63) is 29.9 Å². The summed E-state index contributed by atoms with van der Waals surface area (Å²) < 4.78 is 10.8. The van der Waals surface area contributed by atoms with Crippen LogP contribution in [0.5, 0.6) is 0 Å². The molecule has 5 heteroatoms. The van der Waals surface area contributed by atoms with Crippen LogP contribution in [0.1, 0.15) is 11.5 Å². The molecule has 0 radical (unpaired) electrons. The molecule has 2 N–H and O–H groups in total. The maximum absolute atomic E-state index is 5.44. The van der Waals surface area contributed by atoms with Gasteiger partial charge < -0.3 is 19.5 Å². The van der Waals surface area contributed by atoms with Crippen LogP contribution in [0.3, 0.4) is 0 Å².